The van der Waals surface area contributed by atoms with Crippen molar-refractivity contribution in [1.29, 1.82) is 0 Å². The molecule has 2 heterocycles. The highest BCUT2D eigenvalue weighted by atomic mass is 32.2. The van der Waals surface area contributed by atoms with E-state index in [4.69, 9.17) is 17.0 Å². The van der Waals surface area contributed by atoms with Crippen LogP contribution in [0.1, 0.15) is 5.56 Å². The number of fused-ring (bicyclic) bond motifs is 1. The first-order valence-corrected chi connectivity index (χ1v) is 11.0. The number of anilines is 1. The summed E-state index contributed by atoms with van der Waals surface area (Å²) in [7, 11) is 1.60. The van der Waals surface area contributed by atoms with E-state index >= 15 is 0 Å². The van der Waals surface area contributed by atoms with Crippen LogP contribution in [0.25, 0.3) is 17.0 Å². The van der Waals surface area contributed by atoms with Crippen LogP contribution >= 0.6 is 24.0 Å². The Labute approximate surface area is 189 Å². The molecule has 2 aromatic carbocycles. The van der Waals surface area contributed by atoms with Crippen LogP contribution < -0.4 is 10.2 Å². The van der Waals surface area contributed by atoms with Crippen LogP contribution in [-0.2, 0) is 20.9 Å². The van der Waals surface area contributed by atoms with Gasteiger partial charge in [0.25, 0.3) is 5.91 Å². The number of benzene rings is 2. The summed E-state index contributed by atoms with van der Waals surface area (Å²) in [5, 5.41) is 3.80. The number of carbonyl (C=O) groups excluding carboxylic acids is 2. The van der Waals surface area contributed by atoms with E-state index in [0.29, 0.717) is 22.4 Å². The number of thioether (sulfide) groups is 1. The molecule has 1 aliphatic heterocycles. The standard InChI is InChI=1S/C23H21N3O3S2/c1-29-12-11-24-21(27)15-25-14-16(18-9-5-6-10-19(18)25)13-20-22(28)26(23(30)31-20)17-7-3-2-4-8-17/h2-10,13-14H,11-12,15H2,1H3,(H,24,27)/b20-13-. The molecule has 0 aliphatic carbocycles. The molecule has 31 heavy (non-hydrogen) atoms. The summed E-state index contributed by atoms with van der Waals surface area (Å²) >= 11 is 6.74. The molecule has 0 unspecified atom stereocenters. The lowest BCUT2D eigenvalue weighted by atomic mass is 10.1. The molecule has 0 radical (unpaired) electrons. The molecule has 1 aromatic heterocycles. The fourth-order valence-electron chi connectivity index (χ4n) is 3.43. The molecule has 6 nitrogen and oxygen atoms in total. The first-order chi connectivity index (χ1) is 15.1. The lowest BCUT2D eigenvalue weighted by Crippen LogP contribution is -2.30. The third-order valence-electron chi connectivity index (χ3n) is 4.86. The van der Waals surface area contributed by atoms with Gasteiger partial charge in [0.05, 0.1) is 17.2 Å². The van der Waals surface area contributed by atoms with Crippen LogP contribution in [0.2, 0.25) is 0 Å². The van der Waals surface area contributed by atoms with Gasteiger partial charge in [0, 0.05) is 36.3 Å². The highest BCUT2D eigenvalue weighted by molar-refractivity contribution is 8.27. The zero-order chi connectivity index (χ0) is 21.8. The van der Waals surface area contributed by atoms with Gasteiger partial charge in [-0.2, -0.15) is 0 Å². The molecule has 3 aromatic rings. The number of hydrogen-bond donors (Lipinski definition) is 1. The first kappa shape index (κ1) is 21.3. The number of amides is 2. The Hall–Kier alpha value is -2.94. The summed E-state index contributed by atoms with van der Waals surface area (Å²) in [6.07, 6.45) is 3.75. The number of nitrogens with one attached hydrogen (secondary N) is 1. The van der Waals surface area contributed by atoms with Gasteiger partial charge in [-0.1, -0.05) is 60.4 Å². The number of methoxy groups -OCH3 is 1. The van der Waals surface area contributed by atoms with Crippen molar-refractivity contribution >= 4 is 62.8 Å². The number of carbonyl (C=O) groups is 2. The van der Waals surface area contributed by atoms with Crippen molar-refractivity contribution in [3.63, 3.8) is 0 Å². The molecule has 1 fully saturated rings. The zero-order valence-corrected chi connectivity index (χ0v) is 18.5. The van der Waals surface area contributed by atoms with E-state index < -0.39 is 0 Å². The quantitative estimate of drug-likeness (QED) is 0.336. The van der Waals surface area contributed by atoms with E-state index in [9.17, 15) is 9.59 Å². The van der Waals surface area contributed by atoms with Crippen molar-refractivity contribution in [2.45, 2.75) is 6.54 Å². The van der Waals surface area contributed by atoms with Crippen LogP contribution in [0.3, 0.4) is 0 Å². The third kappa shape index (κ3) is 4.56. The van der Waals surface area contributed by atoms with E-state index in [0.717, 1.165) is 22.2 Å². The van der Waals surface area contributed by atoms with Gasteiger partial charge in [-0.05, 0) is 24.3 Å². The van der Waals surface area contributed by atoms with Gasteiger partial charge in [0.1, 0.15) is 6.54 Å². The summed E-state index contributed by atoms with van der Waals surface area (Å²) in [5.41, 5.74) is 2.55. The van der Waals surface area contributed by atoms with Gasteiger partial charge in [-0.15, -0.1) is 0 Å². The number of ether oxygens (including phenoxy) is 1. The van der Waals surface area contributed by atoms with E-state index in [1.54, 1.807) is 12.0 Å². The minimum absolute atomic E-state index is 0.0974. The first-order valence-electron chi connectivity index (χ1n) is 9.75. The van der Waals surface area contributed by atoms with Gasteiger partial charge < -0.3 is 14.6 Å². The number of nitrogens with zero attached hydrogens (tertiary/aromatic N) is 2. The average Bonchev–Trinajstić information content (AvgIpc) is 3.25. The Balaban J connectivity index is 1.63. The minimum atomic E-state index is -0.143. The minimum Gasteiger partial charge on any atom is -0.383 e. The Morgan fingerprint density at radius 2 is 1.90 bits per heavy atom. The molecule has 0 bridgehead atoms. The van der Waals surface area contributed by atoms with Gasteiger partial charge in [0.15, 0.2) is 4.32 Å². The highest BCUT2D eigenvalue weighted by Gasteiger charge is 2.33. The lowest BCUT2D eigenvalue weighted by Gasteiger charge is -2.13. The molecule has 1 saturated heterocycles. The van der Waals surface area contributed by atoms with Gasteiger partial charge in [-0.25, -0.2) is 0 Å². The zero-order valence-electron chi connectivity index (χ0n) is 16.9. The Kier molecular flexibility index (Phi) is 6.50. The van der Waals surface area contributed by atoms with Crippen molar-refractivity contribution in [2.75, 3.05) is 25.2 Å². The second-order valence-electron chi connectivity index (χ2n) is 6.92. The molecule has 158 valence electrons. The number of para-hydroxylation sites is 2. The van der Waals surface area contributed by atoms with E-state index in [1.165, 1.54) is 11.8 Å². The molecule has 1 N–H and O–H groups in total. The maximum absolute atomic E-state index is 13.1. The smallest absolute Gasteiger partial charge is 0.270 e. The average molecular weight is 452 g/mol. The van der Waals surface area contributed by atoms with Crippen molar-refractivity contribution in [1.82, 2.24) is 9.88 Å². The second kappa shape index (κ2) is 9.47. The van der Waals surface area contributed by atoms with Crippen molar-refractivity contribution in [3.05, 3.63) is 71.3 Å². The normalized spacial score (nSPS) is 15.3. The number of thiocarbonyl (C=S) groups is 1. The fraction of sp³-hybridized carbons (Fsp3) is 0.174. The SMILES string of the molecule is COCCNC(=O)Cn1cc(/C=C2\SC(=S)N(c3ccccc3)C2=O)c2ccccc21. The van der Waals surface area contributed by atoms with Crippen LogP contribution in [0.4, 0.5) is 5.69 Å². The number of rotatable bonds is 7. The molecule has 0 spiro atoms. The van der Waals surface area contributed by atoms with Crippen molar-refractivity contribution < 1.29 is 14.3 Å². The Bertz CT molecular complexity index is 1170. The monoisotopic (exact) mass is 451 g/mol. The van der Waals surface area contributed by atoms with Crippen LogP contribution in [0.15, 0.2) is 65.7 Å². The summed E-state index contributed by atoms with van der Waals surface area (Å²) in [6.45, 7) is 1.11. The van der Waals surface area contributed by atoms with Gasteiger partial charge in [0.2, 0.25) is 5.91 Å². The summed E-state index contributed by atoms with van der Waals surface area (Å²) in [6, 6.07) is 17.2. The van der Waals surface area contributed by atoms with Crippen LogP contribution in [-0.4, -0.2) is 41.0 Å². The lowest BCUT2D eigenvalue weighted by molar-refractivity contribution is -0.121. The topological polar surface area (TPSA) is 63.6 Å². The van der Waals surface area contributed by atoms with Crippen LogP contribution in [0.5, 0.6) is 0 Å². The number of aromatic nitrogens is 1. The summed E-state index contributed by atoms with van der Waals surface area (Å²) in [4.78, 5) is 27.5. The molecule has 4 rings (SSSR count). The molecule has 8 heteroatoms. The summed E-state index contributed by atoms with van der Waals surface area (Å²) in [5.74, 6) is -0.241. The van der Waals surface area contributed by atoms with Gasteiger partial charge >= 0.3 is 0 Å². The van der Waals surface area contributed by atoms with Gasteiger partial charge in [-0.3, -0.25) is 14.5 Å². The molecular formula is C23H21N3O3S2. The third-order valence-corrected chi connectivity index (χ3v) is 6.16. The largest absolute Gasteiger partial charge is 0.383 e. The van der Waals surface area contributed by atoms with Crippen LogP contribution in [0, 0.1) is 0 Å². The number of hydrogen-bond acceptors (Lipinski definition) is 5. The second-order valence-corrected chi connectivity index (χ2v) is 8.60. The summed E-state index contributed by atoms with van der Waals surface area (Å²) < 4.78 is 7.37. The van der Waals surface area contributed by atoms with E-state index in [-0.39, 0.29) is 18.4 Å². The molecular weight excluding hydrogens is 430 g/mol. The maximum Gasteiger partial charge on any atom is 0.270 e. The maximum atomic E-state index is 13.1. The van der Waals surface area contributed by atoms with E-state index in [2.05, 4.69) is 5.32 Å². The molecule has 2 amide bonds. The van der Waals surface area contributed by atoms with Crippen molar-refractivity contribution in [3.8, 4) is 0 Å². The molecule has 0 atom stereocenters. The Morgan fingerprint density at radius 3 is 2.68 bits per heavy atom. The fourth-order valence-corrected chi connectivity index (χ4v) is 4.72. The molecule has 0 saturated carbocycles. The molecule has 1 aliphatic rings. The predicted molar refractivity (Wildman–Crippen MR) is 129 cm³/mol. The Morgan fingerprint density at radius 1 is 1.16 bits per heavy atom. The van der Waals surface area contributed by atoms with Crippen molar-refractivity contribution in [2.24, 2.45) is 0 Å². The van der Waals surface area contributed by atoms with E-state index in [1.807, 2.05) is 71.4 Å². The highest BCUT2D eigenvalue weighted by Crippen LogP contribution is 2.37. The predicted octanol–water partition coefficient (Wildman–Crippen LogP) is 3.81.